The summed E-state index contributed by atoms with van der Waals surface area (Å²) in [7, 11) is -6.19. The predicted molar refractivity (Wildman–Crippen MR) is 68.9 cm³/mol. The quantitative estimate of drug-likeness (QED) is 0.330. The minimum atomic E-state index is -6.19. The van der Waals surface area contributed by atoms with Crippen LogP contribution in [-0.4, -0.2) is 73.4 Å². The number of carbonyl (C=O) groups is 2. The van der Waals surface area contributed by atoms with Crippen molar-refractivity contribution < 1.29 is 59.8 Å². The summed E-state index contributed by atoms with van der Waals surface area (Å²) < 4.78 is 77.1. The Balaban J connectivity index is 3.07. The SMILES string of the molecule is CC(=O)OC[C@H]1O[C@@H](O)[C@H](OS(=O)(=O)C(F)(F)F)[C@@H](OC(C)=O)[C@H]1O. The zero-order valence-corrected chi connectivity index (χ0v) is 13.6. The van der Waals surface area contributed by atoms with Gasteiger partial charge in [0.25, 0.3) is 0 Å². The fourth-order valence-electron chi connectivity index (χ4n) is 1.87. The third-order valence-electron chi connectivity index (χ3n) is 2.91. The third kappa shape index (κ3) is 5.50. The van der Waals surface area contributed by atoms with Crippen molar-refractivity contribution in [3.8, 4) is 0 Å². The monoisotopic (exact) mass is 396 g/mol. The molecule has 0 radical (unpaired) electrons. The summed E-state index contributed by atoms with van der Waals surface area (Å²) in [6.45, 7) is 1.19. The maximum absolute atomic E-state index is 12.4. The number of ether oxygens (including phenoxy) is 3. The van der Waals surface area contributed by atoms with Gasteiger partial charge in [-0.15, -0.1) is 0 Å². The molecule has 0 spiro atoms. The van der Waals surface area contributed by atoms with E-state index in [2.05, 4.69) is 13.7 Å². The van der Waals surface area contributed by atoms with E-state index in [-0.39, 0.29) is 0 Å². The molecule has 2 N–H and O–H groups in total. The van der Waals surface area contributed by atoms with Crippen LogP contribution in [-0.2, 0) is 38.1 Å². The van der Waals surface area contributed by atoms with E-state index in [4.69, 9.17) is 4.74 Å². The maximum Gasteiger partial charge on any atom is 0.523 e. The van der Waals surface area contributed by atoms with E-state index in [9.17, 15) is 41.4 Å². The van der Waals surface area contributed by atoms with Crippen LogP contribution in [0, 0.1) is 0 Å². The normalized spacial score (nSPS) is 30.6. The largest absolute Gasteiger partial charge is 0.523 e. The number of alkyl halides is 3. The van der Waals surface area contributed by atoms with Crippen LogP contribution in [0.1, 0.15) is 13.8 Å². The first-order valence-corrected chi connectivity index (χ1v) is 7.99. The molecule has 1 fully saturated rings. The Labute approximate surface area is 139 Å². The van der Waals surface area contributed by atoms with Crippen molar-refractivity contribution >= 4 is 22.1 Å². The van der Waals surface area contributed by atoms with Crippen LogP contribution in [0.4, 0.5) is 13.2 Å². The van der Waals surface area contributed by atoms with E-state index in [0.717, 1.165) is 13.8 Å². The minimum absolute atomic E-state index is 0.649. The van der Waals surface area contributed by atoms with E-state index in [0.29, 0.717) is 0 Å². The lowest BCUT2D eigenvalue weighted by molar-refractivity contribution is -0.285. The average Bonchev–Trinajstić information content (AvgIpc) is 2.43. The number of carbonyl (C=O) groups excluding carboxylic acids is 2. The molecule has 1 heterocycles. The lowest BCUT2D eigenvalue weighted by Crippen LogP contribution is -2.61. The summed E-state index contributed by atoms with van der Waals surface area (Å²) in [4.78, 5) is 21.8. The van der Waals surface area contributed by atoms with Crippen molar-refractivity contribution in [2.75, 3.05) is 6.61 Å². The van der Waals surface area contributed by atoms with E-state index in [1.165, 1.54) is 0 Å². The molecule has 14 heteroatoms. The molecule has 1 rings (SSSR count). The number of halogens is 3. The molecule has 0 aromatic carbocycles. The Kier molecular flexibility index (Phi) is 6.74. The van der Waals surface area contributed by atoms with E-state index < -0.39 is 64.9 Å². The first kappa shape index (κ1) is 21.6. The van der Waals surface area contributed by atoms with E-state index >= 15 is 0 Å². The Bertz CT molecular complexity index is 604. The average molecular weight is 396 g/mol. The fourth-order valence-corrected chi connectivity index (χ4v) is 2.48. The van der Waals surface area contributed by atoms with Crippen molar-refractivity contribution in [3.63, 3.8) is 0 Å². The zero-order valence-electron chi connectivity index (χ0n) is 12.8. The molecule has 5 atom stereocenters. The molecular weight excluding hydrogens is 381 g/mol. The predicted octanol–water partition coefficient (Wildman–Crippen LogP) is -1.21. The number of esters is 2. The molecule has 0 saturated carbocycles. The van der Waals surface area contributed by atoms with Crippen LogP contribution in [0.3, 0.4) is 0 Å². The molecule has 1 saturated heterocycles. The highest BCUT2D eigenvalue weighted by Crippen LogP contribution is 2.31. The van der Waals surface area contributed by atoms with E-state index in [1.807, 2.05) is 0 Å². The van der Waals surface area contributed by atoms with Crippen molar-refractivity contribution in [1.29, 1.82) is 0 Å². The van der Waals surface area contributed by atoms with Crippen LogP contribution < -0.4 is 0 Å². The number of rotatable bonds is 5. The topological polar surface area (TPSA) is 146 Å². The van der Waals surface area contributed by atoms with Crippen LogP contribution in [0.15, 0.2) is 0 Å². The summed E-state index contributed by atoms with van der Waals surface area (Å²) >= 11 is 0. The molecule has 1 aliphatic rings. The van der Waals surface area contributed by atoms with Crippen molar-refractivity contribution in [2.24, 2.45) is 0 Å². The first-order valence-electron chi connectivity index (χ1n) is 6.58. The zero-order chi connectivity index (χ0) is 19.6. The maximum atomic E-state index is 12.4. The standard InChI is InChI=1S/C11H15F3O10S/c1-4(15)21-3-6-7(17)8(22-5(2)16)9(10(18)23-6)24-25(19,20)11(12,13)14/h6-10,17-18H,3H2,1-2H3/t6-,7+,8+,9-,10-/m1/s1. The van der Waals surface area contributed by atoms with Crippen molar-refractivity contribution in [2.45, 2.75) is 50.1 Å². The van der Waals surface area contributed by atoms with Crippen LogP contribution >= 0.6 is 0 Å². The van der Waals surface area contributed by atoms with Gasteiger partial charge in [0.05, 0.1) is 0 Å². The van der Waals surface area contributed by atoms with Gasteiger partial charge in [-0.05, 0) is 0 Å². The molecule has 0 bridgehead atoms. The Morgan fingerprint density at radius 3 is 2.12 bits per heavy atom. The molecule has 25 heavy (non-hydrogen) atoms. The van der Waals surface area contributed by atoms with Gasteiger partial charge in [0.2, 0.25) is 0 Å². The van der Waals surface area contributed by atoms with Gasteiger partial charge in [-0.2, -0.15) is 21.6 Å². The third-order valence-corrected chi connectivity index (χ3v) is 3.95. The van der Waals surface area contributed by atoms with Gasteiger partial charge in [-0.25, -0.2) is 0 Å². The van der Waals surface area contributed by atoms with Gasteiger partial charge in [0.15, 0.2) is 18.5 Å². The molecule has 0 aromatic rings. The highest BCUT2D eigenvalue weighted by Gasteiger charge is 2.55. The molecule has 146 valence electrons. The lowest BCUT2D eigenvalue weighted by atomic mass is 9.99. The summed E-state index contributed by atoms with van der Waals surface area (Å²) in [6.07, 6.45) is -10.3. The summed E-state index contributed by atoms with van der Waals surface area (Å²) in [5.41, 5.74) is -5.83. The van der Waals surface area contributed by atoms with Gasteiger partial charge >= 0.3 is 27.6 Å². The Hall–Kier alpha value is -1.48. The smallest absolute Gasteiger partial charge is 0.463 e. The summed E-state index contributed by atoms with van der Waals surface area (Å²) in [5.74, 6) is -1.91. The van der Waals surface area contributed by atoms with Crippen molar-refractivity contribution in [1.82, 2.24) is 0 Å². The lowest BCUT2D eigenvalue weighted by Gasteiger charge is -2.41. The van der Waals surface area contributed by atoms with Crippen LogP contribution in [0.2, 0.25) is 0 Å². The summed E-state index contributed by atoms with van der Waals surface area (Å²) in [5, 5.41) is 19.7. The number of hydrogen-bond donors (Lipinski definition) is 2. The van der Waals surface area contributed by atoms with Gasteiger partial charge in [0.1, 0.15) is 18.8 Å². The molecule has 10 nitrogen and oxygen atoms in total. The minimum Gasteiger partial charge on any atom is -0.463 e. The van der Waals surface area contributed by atoms with Gasteiger partial charge < -0.3 is 24.4 Å². The van der Waals surface area contributed by atoms with Crippen LogP contribution in [0.5, 0.6) is 0 Å². The van der Waals surface area contributed by atoms with Gasteiger partial charge in [-0.3, -0.25) is 13.8 Å². The van der Waals surface area contributed by atoms with Gasteiger partial charge in [-0.1, -0.05) is 0 Å². The van der Waals surface area contributed by atoms with Gasteiger partial charge in [0, 0.05) is 13.8 Å². The number of aliphatic hydroxyl groups is 2. The molecule has 0 aliphatic carbocycles. The molecule has 0 aromatic heterocycles. The molecular formula is C11H15F3O10S. The highest BCUT2D eigenvalue weighted by molar-refractivity contribution is 7.87. The molecule has 1 aliphatic heterocycles. The second-order valence-corrected chi connectivity index (χ2v) is 6.46. The Morgan fingerprint density at radius 1 is 1.12 bits per heavy atom. The van der Waals surface area contributed by atoms with Crippen LogP contribution in [0.25, 0.3) is 0 Å². The Morgan fingerprint density at radius 2 is 1.68 bits per heavy atom. The molecule has 0 unspecified atom stereocenters. The second-order valence-electron chi connectivity index (χ2n) is 4.89. The number of hydrogen-bond acceptors (Lipinski definition) is 10. The summed E-state index contributed by atoms with van der Waals surface area (Å²) in [6, 6.07) is 0. The van der Waals surface area contributed by atoms with Crippen molar-refractivity contribution in [3.05, 3.63) is 0 Å². The first-order chi connectivity index (χ1) is 11.3. The number of aliphatic hydroxyl groups excluding tert-OH is 2. The highest BCUT2D eigenvalue weighted by atomic mass is 32.2. The second kappa shape index (κ2) is 7.82. The van der Waals surface area contributed by atoms with E-state index in [1.54, 1.807) is 0 Å². The fraction of sp³-hybridized carbons (Fsp3) is 0.818. The molecule has 0 amide bonds.